The lowest BCUT2D eigenvalue weighted by atomic mass is 10.0. The lowest BCUT2D eigenvalue weighted by Crippen LogP contribution is -2.34. The number of aryl methyl sites for hydroxylation is 1. The van der Waals surface area contributed by atoms with Crippen molar-refractivity contribution in [1.29, 1.82) is 0 Å². The minimum atomic E-state index is -0.458. The Morgan fingerprint density at radius 2 is 2.00 bits per heavy atom. The average Bonchev–Trinajstić information content (AvgIpc) is 3.32. The minimum Gasteiger partial charge on any atom is -0.389 e. The van der Waals surface area contributed by atoms with E-state index in [1.54, 1.807) is 0 Å². The van der Waals surface area contributed by atoms with Gasteiger partial charge >= 0.3 is 0 Å². The van der Waals surface area contributed by atoms with Crippen molar-refractivity contribution < 1.29 is 9.94 Å². The van der Waals surface area contributed by atoms with Crippen molar-refractivity contribution in [2.24, 2.45) is 0 Å². The van der Waals surface area contributed by atoms with Gasteiger partial charge in [-0.25, -0.2) is 0 Å². The summed E-state index contributed by atoms with van der Waals surface area (Å²) in [5.74, 6) is 0. The van der Waals surface area contributed by atoms with Gasteiger partial charge in [-0.1, -0.05) is 36.4 Å². The molecule has 2 unspecified atom stereocenters. The standard InChI is InChI=1S/C19H24N2O2/c22-15(11-20-14-6-7-14)12-23-21-19-10-9-17-16-4-2-1-3-13(16)5-8-18(17)19/h1-5,8,14-15,19-22H,6-7,9-12H2. The molecule has 2 aliphatic rings. The van der Waals surface area contributed by atoms with Crippen LogP contribution in [0, 0.1) is 0 Å². The second-order valence-electron chi connectivity index (χ2n) is 6.71. The third-order valence-corrected chi connectivity index (χ3v) is 4.86. The SMILES string of the molecule is OC(CNC1CC1)CONC1CCc2c1ccc1ccccc21. The van der Waals surface area contributed by atoms with Crippen molar-refractivity contribution >= 4 is 10.8 Å². The topological polar surface area (TPSA) is 53.5 Å². The zero-order chi connectivity index (χ0) is 15.6. The van der Waals surface area contributed by atoms with Crippen LogP contribution in [0.3, 0.4) is 0 Å². The van der Waals surface area contributed by atoms with E-state index in [2.05, 4.69) is 47.2 Å². The molecule has 4 nitrogen and oxygen atoms in total. The molecule has 0 aliphatic heterocycles. The van der Waals surface area contributed by atoms with Crippen LogP contribution < -0.4 is 10.8 Å². The Kier molecular flexibility index (Phi) is 4.31. The van der Waals surface area contributed by atoms with E-state index in [4.69, 9.17) is 4.84 Å². The van der Waals surface area contributed by atoms with Gasteiger partial charge in [-0.15, -0.1) is 0 Å². The van der Waals surface area contributed by atoms with E-state index < -0.39 is 6.10 Å². The van der Waals surface area contributed by atoms with E-state index in [1.807, 2.05) is 0 Å². The van der Waals surface area contributed by atoms with Crippen LogP contribution in [0.2, 0.25) is 0 Å². The molecule has 0 saturated heterocycles. The molecule has 0 spiro atoms. The Labute approximate surface area is 136 Å². The van der Waals surface area contributed by atoms with Crippen molar-refractivity contribution in [2.75, 3.05) is 13.2 Å². The fourth-order valence-corrected chi connectivity index (χ4v) is 3.42. The van der Waals surface area contributed by atoms with Gasteiger partial charge in [-0.3, -0.25) is 4.84 Å². The lowest BCUT2D eigenvalue weighted by molar-refractivity contribution is -0.0347. The maximum atomic E-state index is 9.91. The zero-order valence-electron chi connectivity index (χ0n) is 13.3. The lowest BCUT2D eigenvalue weighted by Gasteiger charge is -2.17. The van der Waals surface area contributed by atoms with Gasteiger partial charge in [-0.05, 0) is 47.6 Å². The highest BCUT2D eigenvalue weighted by molar-refractivity contribution is 5.87. The predicted molar refractivity (Wildman–Crippen MR) is 91.1 cm³/mol. The maximum absolute atomic E-state index is 9.91. The van der Waals surface area contributed by atoms with Gasteiger partial charge < -0.3 is 10.4 Å². The Morgan fingerprint density at radius 1 is 1.13 bits per heavy atom. The van der Waals surface area contributed by atoms with E-state index >= 15 is 0 Å². The van der Waals surface area contributed by atoms with Gasteiger partial charge in [0.25, 0.3) is 0 Å². The van der Waals surface area contributed by atoms with E-state index in [9.17, 15) is 5.11 Å². The van der Waals surface area contributed by atoms with Crippen LogP contribution in [0.4, 0.5) is 0 Å². The Bertz CT molecular complexity index is 684. The van der Waals surface area contributed by atoms with Gasteiger partial charge in [0.2, 0.25) is 0 Å². The largest absolute Gasteiger partial charge is 0.389 e. The molecule has 0 bridgehead atoms. The number of benzene rings is 2. The Morgan fingerprint density at radius 3 is 2.87 bits per heavy atom. The van der Waals surface area contributed by atoms with Crippen LogP contribution in [0.5, 0.6) is 0 Å². The van der Waals surface area contributed by atoms with Crippen molar-refractivity contribution in [2.45, 2.75) is 43.9 Å². The number of rotatable bonds is 7. The fourth-order valence-electron chi connectivity index (χ4n) is 3.42. The predicted octanol–water partition coefficient (Wildman–Crippen LogP) is 2.46. The molecule has 0 aromatic heterocycles. The third-order valence-electron chi connectivity index (χ3n) is 4.86. The highest BCUT2D eigenvalue weighted by atomic mass is 16.6. The summed E-state index contributed by atoms with van der Waals surface area (Å²) >= 11 is 0. The minimum absolute atomic E-state index is 0.221. The summed E-state index contributed by atoms with van der Waals surface area (Å²) in [5, 5.41) is 15.9. The molecule has 0 radical (unpaired) electrons. The highest BCUT2D eigenvalue weighted by Gasteiger charge is 2.25. The smallest absolute Gasteiger partial charge is 0.0954 e. The number of hydroxylamine groups is 1. The third kappa shape index (κ3) is 3.40. The normalized spacial score (nSPS) is 21.5. The van der Waals surface area contributed by atoms with Crippen molar-refractivity contribution in [3.05, 3.63) is 47.5 Å². The summed E-state index contributed by atoms with van der Waals surface area (Å²) in [6, 6.07) is 13.8. The summed E-state index contributed by atoms with van der Waals surface area (Å²) in [6.07, 6.45) is 4.13. The molecule has 2 aromatic rings. The van der Waals surface area contributed by atoms with Crippen LogP contribution in [0.1, 0.15) is 36.4 Å². The first-order chi connectivity index (χ1) is 11.3. The van der Waals surface area contributed by atoms with Gasteiger partial charge in [-0.2, -0.15) is 5.48 Å². The van der Waals surface area contributed by atoms with Crippen molar-refractivity contribution in [3.63, 3.8) is 0 Å². The number of hydrogen-bond acceptors (Lipinski definition) is 4. The molecule has 2 aromatic carbocycles. The van der Waals surface area contributed by atoms with Gasteiger partial charge in [0.15, 0.2) is 0 Å². The Hall–Kier alpha value is -1.46. The van der Waals surface area contributed by atoms with E-state index in [0.29, 0.717) is 19.2 Å². The Balaban J connectivity index is 1.34. The first kappa shape index (κ1) is 15.1. The first-order valence-electron chi connectivity index (χ1n) is 8.60. The number of nitrogens with one attached hydrogen (secondary N) is 2. The molecular weight excluding hydrogens is 288 g/mol. The van der Waals surface area contributed by atoms with E-state index in [-0.39, 0.29) is 6.04 Å². The van der Waals surface area contributed by atoms with Crippen LogP contribution in [0.15, 0.2) is 36.4 Å². The monoisotopic (exact) mass is 312 g/mol. The van der Waals surface area contributed by atoms with Crippen LogP contribution in [-0.2, 0) is 11.3 Å². The molecule has 1 fully saturated rings. The molecule has 4 rings (SSSR count). The second kappa shape index (κ2) is 6.57. The number of fused-ring (bicyclic) bond motifs is 3. The molecular formula is C19H24N2O2. The zero-order valence-corrected chi connectivity index (χ0v) is 13.3. The average molecular weight is 312 g/mol. The molecule has 122 valence electrons. The number of hydrogen-bond donors (Lipinski definition) is 3. The molecule has 2 atom stereocenters. The van der Waals surface area contributed by atoms with Crippen LogP contribution in [-0.4, -0.2) is 30.4 Å². The number of aliphatic hydroxyl groups is 1. The summed E-state index contributed by atoms with van der Waals surface area (Å²) in [4.78, 5) is 5.56. The second-order valence-corrected chi connectivity index (χ2v) is 6.71. The molecule has 3 N–H and O–H groups in total. The maximum Gasteiger partial charge on any atom is 0.0954 e. The summed E-state index contributed by atoms with van der Waals surface area (Å²) in [5.41, 5.74) is 5.91. The van der Waals surface area contributed by atoms with Crippen LogP contribution >= 0.6 is 0 Å². The summed E-state index contributed by atoms with van der Waals surface area (Å²) in [7, 11) is 0. The molecule has 0 amide bonds. The van der Waals surface area contributed by atoms with Gasteiger partial charge in [0.1, 0.15) is 0 Å². The first-order valence-corrected chi connectivity index (χ1v) is 8.60. The molecule has 4 heteroatoms. The van der Waals surface area contributed by atoms with E-state index in [1.165, 1.54) is 34.7 Å². The quantitative estimate of drug-likeness (QED) is 0.688. The molecule has 23 heavy (non-hydrogen) atoms. The summed E-state index contributed by atoms with van der Waals surface area (Å²) in [6.45, 7) is 0.928. The highest BCUT2D eigenvalue weighted by Crippen LogP contribution is 2.35. The van der Waals surface area contributed by atoms with Gasteiger partial charge in [0.05, 0.1) is 18.8 Å². The molecule has 0 heterocycles. The van der Waals surface area contributed by atoms with E-state index in [0.717, 1.165) is 12.8 Å². The summed E-state index contributed by atoms with van der Waals surface area (Å²) < 4.78 is 0. The number of aliphatic hydroxyl groups excluding tert-OH is 1. The van der Waals surface area contributed by atoms with Crippen molar-refractivity contribution in [3.8, 4) is 0 Å². The van der Waals surface area contributed by atoms with Crippen LogP contribution in [0.25, 0.3) is 10.8 Å². The molecule has 1 saturated carbocycles. The van der Waals surface area contributed by atoms with Gasteiger partial charge in [0, 0.05) is 12.6 Å². The molecule has 2 aliphatic carbocycles. The fraction of sp³-hybridized carbons (Fsp3) is 0.474. The van der Waals surface area contributed by atoms with Crippen molar-refractivity contribution in [1.82, 2.24) is 10.8 Å².